The number of fused-ring (bicyclic) bond motifs is 1. The van der Waals surface area contributed by atoms with Gasteiger partial charge in [-0.05, 0) is 80.5 Å². The molecule has 4 rings (SSSR count). The van der Waals surface area contributed by atoms with Gasteiger partial charge in [-0.3, -0.25) is 14.4 Å². The van der Waals surface area contributed by atoms with Gasteiger partial charge < -0.3 is 35.3 Å². The average molecular weight is 640 g/mol. The van der Waals surface area contributed by atoms with Crippen molar-refractivity contribution in [1.82, 2.24) is 16.0 Å². The first-order chi connectivity index (χ1) is 21.2. The predicted molar refractivity (Wildman–Crippen MR) is 174 cm³/mol. The molecule has 0 saturated carbocycles. The quantitative estimate of drug-likeness (QED) is 0.299. The van der Waals surface area contributed by atoms with Crippen LogP contribution in [0.5, 0.6) is 0 Å². The molecule has 0 aliphatic carbocycles. The van der Waals surface area contributed by atoms with Gasteiger partial charge in [-0.25, -0.2) is 4.79 Å². The highest BCUT2D eigenvalue weighted by molar-refractivity contribution is 7.07. The summed E-state index contributed by atoms with van der Waals surface area (Å²) in [5.74, 6) is -0.480. The number of nitrogens with one attached hydrogen (secondary N) is 3. The second-order valence-electron chi connectivity index (χ2n) is 13.5. The zero-order chi connectivity index (χ0) is 32.9. The molecule has 3 heterocycles. The van der Waals surface area contributed by atoms with E-state index >= 15 is 0 Å². The van der Waals surface area contributed by atoms with Crippen molar-refractivity contribution in [3.63, 3.8) is 0 Å². The van der Waals surface area contributed by atoms with E-state index in [0.717, 1.165) is 17.5 Å². The summed E-state index contributed by atoms with van der Waals surface area (Å²) in [7, 11) is 0. The Morgan fingerprint density at radius 2 is 1.91 bits per heavy atom. The van der Waals surface area contributed by atoms with Crippen LogP contribution in [0.2, 0.25) is 0 Å². The van der Waals surface area contributed by atoms with Crippen LogP contribution in [0, 0.1) is 5.92 Å². The van der Waals surface area contributed by atoms with Crippen molar-refractivity contribution in [2.45, 2.75) is 97.0 Å². The number of carbonyl (C=O) groups excluding carboxylic acids is 5. The molecule has 1 aromatic heterocycles. The highest BCUT2D eigenvalue weighted by Crippen LogP contribution is 2.40. The molecule has 1 aromatic carbocycles. The van der Waals surface area contributed by atoms with Gasteiger partial charge >= 0.3 is 6.09 Å². The Morgan fingerprint density at radius 3 is 2.51 bits per heavy atom. The third kappa shape index (κ3) is 8.70. The molecule has 3 N–H and O–H groups in total. The van der Waals surface area contributed by atoms with Crippen LogP contribution in [-0.2, 0) is 36.9 Å². The number of anilines is 2. The summed E-state index contributed by atoms with van der Waals surface area (Å²) in [6.45, 7) is 11.6. The maximum absolute atomic E-state index is 14.1. The molecule has 0 bridgehead atoms. The van der Waals surface area contributed by atoms with Crippen LogP contribution in [0.4, 0.5) is 16.2 Å². The minimum absolute atomic E-state index is 0.0283. The smallest absolute Gasteiger partial charge is 0.408 e. The zero-order valence-corrected chi connectivity index (χ0v) is 27.8. The summed E-state index contributed by atoms with van der Waals surface area (Å²) < 4.78 is 5.31. The minimum Gasteiger partial charge on any atom is -0.444 e. The molecule has 2 unspecified atom stereocenters. The van der Waals surface area contributed by atoms with Crippen molar-refractivity contribution in [2.75, 3.05) is 22.9 Å². The molecule has 244 valence electrons. The van der Waals surface area contributed by atoms with Crippen LogP contribution in [0.3, 0.4) is 0 Å². The Labute approximate surface area is 269 Å². The van der Waals surface area contributed by atoms with Gasteiger partial charge in [0, 0.05) is 25.9 Å². The number of alkyl carbamates (subject to hydrolysis) is 1. The lowest BCUT2D eigenvalue weighted by molar-refractivity contribution is -0.129. The lowest BCUT2D eigenvalue weighted by Crippen LogP contribution is -2.60. The molecular weight excluding hydrogens is 594 g/mol. The molecule has 1 fully saturated rings. The van der Waals surface area contributed by atoms with E-state index in [-0.39, 0.29) is 36.6 Å². The topological polar surface area (TPSA) is 137 Å². The minimum atomic E-state index is -1.34. The standard InChI is InChI=1S/C33H45N5O6S/c1-21(2)15-24(34-19-33(6,20-39)36-31(43)44-32(3,4)5)29(41)35-25-16-23-9-7-10-26(37-13-8-11-27(37)40)28(23)38(30(25)42)17-22-12-14-45-18-22/h7,9-10,12,14,18,20-21,24-25,34H,8,11,13,15-17,19H2,1-6H3,(H,35,41)(H,36,43)/t24-,25?,33?/m1/s1. The van der Waals surface area contributed by atoms with Crippen LogP contribution in [0.1, 0.15) is 71.9 Å². The monoisotopic (exact) mass is 639 g/mol. The maximum atomic E-state index is 14.1. The van der Waals surface area contributed by atoms with Crippen molar-refractivity contribution in [3.05, 3.63) is 46.2 Å². The van der Waals surface area contributed by atoms with E-state index in [1.807, 2.05) is 48.9 Å². The van der Waals surface area contributed by atoms with Crippen molar-refractivity contribution >= 4 is 52.8 Å². The third-order valence-electron chi connectivity index (χ3n) is 7.74. The Bertz CT molecular complexity index is 1400. The zero-order valence-electron chi connectivity index (χ0n) is 27.0. The molecular formula is C33H45N5O6S. The Morgan fingerprint density at radius 1 is 1.16 bits per heavy atom. The molecule has 2 aromatic rings. The second-order valence-corrected chi connectivity index (χ2v) is 14.3. The molecule has 0 spiro atoms. The van der Waals surface area contributed by atoms with Gasteiger partial charge in [0.15, 0.2) is 0 Å². The normalized spacial score (nSPS) is 18.8. The van der Waals surface area contributed by atoms with Gasteiger partial charge in [0.25, 0.3) is 0 Å². The fourth-order valence-corrected chi connectivity index (χ4v) is 6.29. The Kier molecular flexibility index (Phi) is 10.7. The van der Waals surface area contributed by atoms with E-state index in [9.17, 15) is 24.0 Å². The maximum Gasteiger partial charge on any atom is 0.408 e. The van der Waals surface area contributed by atoms with Crippen molar-refractivity contribution in [2.24, 2.45) is 5.92 Å². The number of ether oxygens (including phenoxy) is 1. The first kappa shape index (κ1) is 34.1. The lowest BCUT2D eigenvalue weighted by atomic mass is 9.94. The predicted octanol–water partition coefficient (Wildman–Crippen LogP) is 3.94. The van der Waals surface area contributed by atoms with E-state index in [1.54, 1.807) is 37.5 Å². The number of carbonyl (C=O) groups is 5. The number of nitrogens with zero attached hydrogens (tertiary/aromatic N) is 2. The van der Waals surface area contributed by atoms with E-state index in [0.29, 0.717) is 43.6 Å². The molecule has 2 aliphatic rings. The molecule has 0 radical (unpaired) electrons. The third-order valence-corrected chi connectivity index (χ3v) is 8.48. The number of hydrogen-bond acceptors (Lipinski definition) is 8. The summed E-state index contributed by atoms with van der Waals surface area (Å²) in [6, 6.07) is 6.10. The van der Waals surface area contributed by atoms with E-state index in [1.165, 1.54) is 11.3 Å². The van der Waals surface area contributed by atoms with Gasteiger partial charge in [0.05, 0.1) is 24.0 Å². The number of aldehydes is 1. The number of thiophene rings is 1. The molecule has 2 aliphatic heterocycles. The first-order valence-corrected chi connectivity index (χ1v) is 16.4. The van der Waals surface area contributed by atoms with E-state index in [4.69, 9.17) is 4.74 Å². The number of amides is 4. The average Bonchev–Trinajstić information content (AvgIpc) is 3.63. The van der Waals surface area contributed by atoms with Gasteiger partial charge in [0.1, 0.15) is 23.5 Å². The number of benzene rings is 1. The Balaban J connectivity index is 1.55. The molecule has 3 atom stereocenters. The van der Waals surface area contributed by atoms with Crippen molar-refractivity contribution in [3.8, 4) is 0 Å². The van der Waals surface area contributed by atoms with Crippen molar-refractivity contribution < 1.29 is 28.7 Å². The SMILES string of the molecule is CC(C)C[C@@H](NCC(C)(C=O)NC(=O)OC(C)(C)C)C(=O)NC1Cc2cccc(N3CCCC3=O)c2N(Cc2ccsc2)C1=O. The number of hydrogen-bond donors (Lipinski definition) is 3. The van der Waals surface area contributed by atoms with Crippen LogP contribution < -0.4 is 25.8 Å². The summed E-state index contributed by atoms with van der Waals surface area (Å²) in [4.78, 5) is 68.5. The Hall–Kier alpha value is -3.77. The second kappa shape index (κ2) is 14.1. The van der Waals surface area contributed by atoms with Gasteiger partial charge in [-0.1, -0.05) is 26.0 Å². The molecule has 1 saturated heterocycles. The van der Waals surface area contributed by atoms with E-state index < -0.39 is 29.3 Å². The number of rotatable bonds is 12. The molecule has 4 amide bonds. The highest BCUT2D eigenvalue weighted by atomic mass is 32.1. The fourth-order valence-electron chi connectivity index (χ4n) is 5.63. The highest BCUT2D eigenvalue weighted by Gasteiger charge is 2.39. The van der Waals surface area contributed by atoms with Crippen molar-refractivity contribution in [1.29, 1.82) is 0 Å². The first-order valence-electron chi connectivity index (χ1n) is 15.5. The van der Waals surface area contributed by atoms with Gasteiger partial charge in [0.2, 0.25) is 17.7 Å². The van der Waals surface area contributed by atoms with Crippen LogP contribution in [0.15, 0.2) is 35.0 Å². The fraction of sp³-hybridized carbons (Fsp3) is 0.545. The van der Waals surface area contributed by atoms with Crippen LogP contribution in [0.25, 0.3) is 0 Å². The largest absolute Gasteiger partial charge is 0.444 e. The van der Waals surface area contributed by atoms with Crippen LogP contribution >= 0.6 is 11.3 Å². The summed E-state index contributed by atoms with van der Waals surface area (Å²) in [6.07, 6.45) is 1.82. The van der Waals surface area contributed by atoms with Gasteiger partial charge in [-0.2, -0.15) is 11.3 Å². The molecule has 11 nitrogen and oxygen atoms in total. The summed E-state index contributed by atoms with van der Waals surface area (Å²) >= 11 is 1.54. The van der Waals surface area contributed by atoms with Crippen LogP contribution in [-0.4, -0.2) is 66.4 Å². The molecule has 12 heteroatoms. The number of para-hydroxylation sites is 1. The van der Waals surface area contributed by atoms with E-state index in [2.05, 4.69) is 16.0 Å². The lowest BCUT2D eigenvalue weighted by Gasteiger charge is -2.38. The molecule has 45 heavy (non-hydrogen) atoms. The van der Waals surface area contributed by atoms with Gasteiger partial charge in [-0.15, -0.1) is 0 Å². The summed E-state index contributed by atoms with van der Waals surface area (Å²) in [5.41, 5.74) is 1.18. The summed E-state index contributed by atoms with van der Waals surface area (Å²) in [5, 5.41) is 12.7.